The number of para-hydroxylation sites is 3. The highest BCUT2D eigenvalue weighted by Gasteiger charge is 2.08. The number of halogens is 1. The number of hydrogen-bond donors (Lipinski definition) is 1. The molecule has 106 valence electrons. The van der Waals surface area contributed by atoms with Gasteiger partial charge >= 0.3 is 0 Å². The first-order valence-electron chi connectivity index (χ1n) is 6.33. The van der Waals surface area contributed by atoms with Crippen molar-refractivity contribution in [3.63, 3.8) is 0 Å². The fourth-order valence-corrected chi connectivity index (χ4v) is 2.11. The summed E-state index contributed by atoms with van der Waals surface area (Å²) in [5.41, 5.74) is 4.33. The van der Waals surface area contributed by atoms with Crippen LogP contribution in [0, 0.1) is 0 Å². The molecule has 0 aliphatic carbocycles. The summed E-state index contributed by atoms with van der Waals surface area (Å²) in [5.74, 6) is 0.183. The zero-order chi connectivity index (χ0) is 14.7. The molecule has 1 N–H and O–H groups in total. The Kier molecular flexibility index (Phi) is 3.75. The van der Waals surface area contributed by atoms with Gasteiger partial charge in [-0.3, -0.25) is 10.2 Å². The number of aromatic nitrogens is 2. The first-order chi connectivity index (χ1) is 10.2. The van der Waals surface area contributed by atoms with Crippen molar-refractivity contribution in [2.45, 2.75) is 0 Å². The molecule has 0 aliphatic heterocycles. The van der Waals surface area contributed by atoms with Gasteiger partial charge in [-0.25, -0.2) is 9.66 Å². The Balaban J connectivity index is 1.66. The Bertz CT molecular complexity index is 785. The highest BCUT2D eigenvalue weighted by atomic mass is 35.5. The average molecular weight is 302 g/mol. The second-order valence-electron chi connectivity index (χ2n) is 4.36. The van der Waals surface area contributed by atoms with E-state index >= 15 is 0 Å². The maximum Gasteiger partial charge on any atom is 0.276 e. The third kappa shape index (κ3) is 2.98. The van der Waals surface area contributed by atoms with Gasteiger partial charge in [0.15, 0.2) is 6.61 Å². The van der Waals surface area contributed by atoms with E-state index in [1.165, 1.54) is 0 Å². The minimum absolute atomic E-state index is 0.129. The predicted octanol–water partition coefficient (Wildman–Crippen LogP) is 2.84. The molecule has 0 saturated heterocycles. The van der Waals surface area contributed by atoms with Gasteiger partial charge in [-0.1, -0.05) is 35.9 Å². The summed E-state index contributed by atoms with van der Waals surface area (Å²) in [7, 11) is 0. The summed E-state index contributed by atoms with van der Waals surface area (Å²) in [5, 5.41) is 0.471. The van der Waals surface area contributed by atoms with Crippen LogP contribution in [0.1, 0.15) is 0 Å². The number of carbonyl (C=O) groups excluding carboxylic acids is 1. The Morgan fingerprint density at radius 1 is 1.19 bits per heavy atom. The standard InChI is InChI=1S/C15H12ClN3O2/c16-11-5-1-4-8-14(11)21-9-15(20)18-19-10-17-12-6-2-3-7-13(12)19/h1-8,10H,9H2,(H,18,20). The summed E-state index contributed by atoms with van der Waals surface area (Å²) in [6.45, 7) is -0.129. The van der Waals surface area contributed by atoms with Gasteiger partial charge in [-0.2, -0.15) is 0 Å². The highest BCUT2D eigenvalue weighted by molar-refractivity contribution is 6.32. The van der Waals surface area contributed by atoms with E-state index in [1.807, 2.05) is 24.3 Å². The van der Waals surface area contributed by atoms with Crippen molar-refractivity contribution in [1.29, 1.82) is 0 Å². The molecule has 3 aromatic rings. The van der Waals surface area contributed by atoms with Crippen molar-refractivity contribution < 1.29 is 9.53 Å². The third-order valence-electron chi connectivity index (χ3n) is 2.89. The molecule has 0 unspecified atom stereocenters. The molecule has 0 saturated carbocycles. The molecule has 0 aliphatic rings. The number of fused-ring (bicyclic) bond motifs is 1. The van der Waals surface area contributed by atoms with Crippen LogP contribution in [0.15, 0.2) is 54.9 Å². The normalized spacial score (nSPS) is 10.5. The number of nitrogens with zero attached hydrogens (tertiary/aromatic N) is 2. The van der Waals surface area contributed by atoms with Gasteiger partial charge < -0.3 is 4.74 Å². The van der Waals surface area contributed by atoms with E-state index in [1.54, 1.807) is 35.3 Å². The van der Waals surface area contributed by atoms with Crippen LogP contribution in [0.5, 0.6) is 5.75 Å². The molecular weight excluding hydrogens is 290 g/mol. The Morgan fingerprint density at radius 3 is 2.81 bits per heavy atom. The molecule has 6 heteroatoms. The van der Waals surface area contributed by atoms with E-state index in [-0.39, 0.29) is 12.5 Å². The van der Waals surface area contributed by atoms with E-state index in [0.717, 1.165) is 11.0 Å². The molecule has 5 nitrogen and oxygen atoms in total. The maximum absolute atomic E-state index is 11.9. The maximum atomic E-state index is 11.9. The quantitative estimate of drug-likeness (QED) is 0.806. The number of ether oxygens (including phenoxy) is 1. The van der Waals surface area contributed by atoms with E-state index in [9.17, 15) is 4.79 Å². The van der Waals surface area contributed by atoms with E-state index in [0.29, 0.717) is 10.8 Å². The zero-order valence-electron chi connectivity index (χ0n) is 11.0. The number of amides is 1. The average Bonchev–Trinajstić information content (AvgIpc) is 2.90. The summed E-state index contributed by atoms with van der Waals surface area (Å²) >= 11 is 5.96. The zero-order valence-corrected chi connectivity index (χ0v) is 11.7. The number of rotatable bonds is 4. The molecule has 0 radical (unpaired) electrons. The van der Waals surface area contributed by atoms with Gasteiger partial charge in [-0.15, -0.1) is 0 Å². The topological polar surface area (TPSA) is 56.1 Å². The van der Waals surface area contributed by atoms with Gasteiger partial charge in [0.25, 0.3) is 5.91 Å². The van der Waals surface area contributed by atoms with Crippen LogP contribution >= 0.6 is 11.6 Å². The molecule has 3 rings (SSSR count). The largest absolute Gasteiger partial charge is 0.482 e. The number of imidazole rings is 1. The fraction of sp³-hybridized carbons (Fsp3) is 0.0667. The lowest BCUT2D eigenvalue weighted by Crippen LogP contribution is -2.27. The minimum Gasteiger partial charge on any atom is -0.482 e. The van der Waals surface area contributed by atoms with Crippen molar-refractivity contribution >= 4 is 28.5 Å². The summed E-state index contributed by atoms with van der Waals surface area (Å²) in [4.78, 5) is 16.1. The second-order valence-corrected chi connectivity index (χ2v) is 4.76. The monoisotopic (exact) mass is 301 g/mol. The van der Waals surface area contributed by atoms with Gasteiger partial charge in [0.05, 0.1) is 16.1 Å². The third-order valence-corrected chi connectivity index (χ3v) is 3.21. The summed E-state index contributed by atoms with van der Waals surface area (Å²) in [6.07, 6.45) is 1.55. The van der Waals surface area contributed by atoms with Crippen molar-refractivity contribution in [1.82, 2.24) is 9.66 Å². The first-order valence-corrected chi connectivity index (χ1v) is 6.71. The molecule has 0 atom stereocenters. The van der Waals surface area contributed by atoms with Crippen LogP contribution in [0.25, 0.3) is 11.0 Å². The number of hydrogen-bond acceptors (Lipinski definition) is 3. The van der Waals surface area contributed by atoms with Gasteiger partial charge in [0, 0.05) is 0 Å². The SMILES string of the molecule is O=C(COc1ccccc1Cl)Nn1cnc2ccccc21. The van der Waals surface area contributed by atoms with Crippen LogP contribution in [0.4, 0.5) is 0 Å². The van der Waals surface area contributed by atoms with Crippen molar-refractivity contribution in [3.05, 3.63) is 59.9 Å². The van der Waals surface area contributed by atoms with E-state index in [4.69, 9.17) is 16.3 Å². The number of benzene rings is 2. The molecule has 1 heterocycles. The van der Waals surface area contributed by atoms with Gasteiger partial charge in [0.2, 0.25) is 0 Å². The molecule has 0 bridgehead atoms. The molecule has 1 aromatic heterocycles. The lowest BCUT2D eigenvalue weighted by molar-refractivity contribution is -0.119. The number of carbonyl (C=O) groups is 1. The van der Waals surface area contributed by atoms with Crippen molar-refractivity contribution in [2.75, 3.05) is 12.0 Å². The first kappa shape index (κ1) is 13.5. The van der Waals surface area contributed by atoms with Crippen LogP contribution in [-0.2, 0) is 4.79 Å². The Hall–Kier alpha value is -2.53. The van der Waals surface area contributed by atoms with Crippen LogP contribution in [0.2, 0.25) is 5.02 Å². The summed E-state index contributed by atoms with van der Waals surface area (Å²) < 4.78 is 6.94. The molecular formula is C15H12ClN3O2. The highest BCUT2D eigenvalue weighted by Crippen LogP contribution is 2.22. The smallest absolute Gasteiger partial charge is 0.276 e. The van der Waals surface area contributed by atoms with Gasteiger partial charge in [-0.05, 0) is 24.3 Å². The molecule has 0 spiro atoms. The van der Waals surface area contributed by atoms with E-state index < -0.39 is 0 Å². The predicted molar refractivity (Wildman–Crippen MR) is 81.0 cm³/mol. The summed E-state index contributed by atoms with van der Waals surface area (Å²) in [6, 6.07) is 14.5. The Labute approximate surface area is 126 Å². The second kappa shape index (κ2) is 5.85. The van der Waals surface area contributed by atoms with Crippen LogP contribution in [-0.4, -0.2) is 22.2 Å². The Morgan fingerprint density at radius 2 is 1.95 bits per heavy atom. The van der Waals surface area contributed by atoms with Crippen LogP contribution < -0.4 is 10.2 Å². The van der Waals surface area contributed by atoms with Crippen molar-refractivity contribution in [2.24, 2.45) is 0 Å². The van der Waals surface area contributed by atoms with Crippen molar-refractivity contribution in [3.8, 4) is 5.75 Å². The lowest BCUT2D eigenvalue weighted by Gasteiger charge is -2.09. The molecule has 0 fully saturated rings. The minimum atomic E-state index is -0.293. The van der Waals surface area contributed by atoms with E-state index in [2.05, 4.69) is 10.4 Å². The van der Waals surface area contributed by atoms with Gasteiger partial charge in [0.1, 0.15) is 12.1 Å². The molecule has 21 heavy (non-hydrogen) atoms. The fourth-order valence-electron chi connectivity index (χ4n) is 1.92. The van der Waals surface area contributed by atoms with Crippen LogP contribution in [0.3, 0.4) is 0 Å². The number of nitrogens with one attached hydrogen (secondary N) is 1. The molecule has 2 aromatic carbocycles. The lowest BCUT2D eigenvalue weighted by atomic mass is 10.3. The molecule has 1 amide bonds.